The van der Waals surface area contributed by atoms with Gasteiger partial charge in [-0.3, -0.25) is 19.1 Å². The summed E-state index contributed by atoms with van der Waals surface area (Å²) in [6.07, 6.45) is -1.06. The van der Waals surface area contributed by atoms with Crippen LogP contribution in [0.4, 0.5) is 18.0 Å². The van der Waals surface area contributed by atoms with Crippen molar-refractivity contribution in [2.24, 2.45) is 17.8 Å². The number of sulfonamides is 1. The van der Waals surface area contributed by atoms with Gasteiger partial charge in [-0.15, -0.1) is 10.2 Å². The number of allylic oxidation sites excluding steroid dienone is 1. The lowest BCUT2D eigenvalue weighted by atomic mass is 9.85. The molecule has 7 atom stereocenters. The van der Waals surface area contributed by atoms with Crippen LogP contribution in [0.5, 0.6) is 11.8 Å². The van der Waals surface area contributed by atoms with Gasteiger partial charge >= 0.3 is 12.3 Å². The quantitative estimate of drug-likeness (QED) is 0.270. The lowest BCUT2D eigenvalue weighted by Crippen LogP contribution is -2.60. The Kier molecular flexibility index (Phi) is 12.2. The van der Waals surface area contributed by atoms with Gasteiger partial charge in [-0.1, -0.05) is 44.6 Å². The maximum absolute atomic E-state index is 14.9. The number of halogens is 3. The first-order valence-electron chi connectivity index (χ1n) is 20.1. The van der Waals surface area contributed by atoms with Crippen LogP contribution < -0.4 is 24.8 Å². The number of benzene rings is 1. The first-order valence-corrected chi connectivity index (χ1v) is 21.6. The molecule has 0 spiro atoms. The molecule has 2 aliphatic carbocycles. The predicted octanol–water partition coefficient (Wildman–Crippen LogP) is 5.09. The molecule has 3 heterocycles. The number of nitrogens with zero attached hydrogens (tertiary/aromatic N) is 3. The molecule has 6 rings (SSSR count). The number of aromatic nitrogens is 2. The number of rotatable bonds is 10. The van der Waals surface area contributed by atoms with Crippen molar-refractivity contribution >= 4 is 44.6 Å². The van der Waals surface area contributed by atoms with Crippen LogP contribution in [0.25, 0.3) is 10.8 Å². The Morgan fingerprint density at radius 1 is 1.05 bits per heavy atom. The molecule has 0 radical (unpaired) electrons. The van der Waals surface area contributed by atoms with Gasteiger partial charge in [0.15, 0.2) is 0 Å². The van der Waals surface area contributed by atoms with Crippen LogP contribution in [0.1, 0.15) is 92.9 Å². The van der Waals surface area contributed by atoms with Crippen LogP contribution in [-0.2, 0) is 29.1 Å². The minimum absolute atomic E-state index is 0.0390. The third kappa shape index (κ3) is 9.09. The van der Waals surface area contributed by atoms with Crippen LogP contribution in [0.3, 0.4) is 0 Å². The van der Waals surface area contributed by atoms with Crippen molar-refractivity contribution in [3.8, 4) is 11.8 Å². The number of nitrogens with one attached hydrogen (secondary N) is 3. The third-order valence-electron chi connectivity index (χ3n) is 12.1. The Labute approximate surface area is 341 Å². The van der Waals surface area contributed by atoms with E-state index in [0.29, 0.717) is 69.8 Å². The number of carbonyl (C=O) groups is 4. The zero-order valence-electron chi connectivity index (χ0n) is 34.1. The number of hydrogen-bond acceptors (Lipinski definition) is 11. The fraction of sp³-hybridized carbons (Fsp3) is 0.650. The van der Waals surface area contributed by atoms with Crippen molar-refractivity contribution in [2.75, 3.05) is 13.2 Å². The molecule has 1 aromatic heterocycles. The molecule has 2 aliphatic heterocycles. The fourth-order valence-corrected chi connectivity index (χ4v) is 9.12. The molecule has 4 amide bonds. The average molecular weight is 851 g/mol. The summed E-state index contributed by atoms with van der Waals surface area (Å²) in [6.45, 7) is 8.56. The lowest BCUT2D eigenvalue weighted by molar-refractivity contribution is -0.244. The molecule has 19 heteroatoms. The van der Waals surface area contributed by atoms with Crippen molar-refractivity contribution in [1.29, 1.82) is 0 Å². The molecule has 59 heavy (non-hydrogen) atoms. The monoisotopic (exact) mass is 850 g/mol. The summed E-state index contributed by atoms with van der Waals surface area (Å²) in [6, 6.07) is 4.29. The normalized spacial score (nSPS) is 28.6. The van der Waals surface area contributed by atoms with E-state index in [2.05, 4.69) is 25.6 Å². The first kappa shape index (κ1) is 43.9. The number of ether oxygens (including phenoxy) is 3. The second-order valence-electron chi connectivity index (χ2n) is 17.0. The molecule has 2 saturated carbocycles. The molecule has 3 N–H and O–H groups in total. The molecule has 7 unspecified atom stereocenters. The molecular formula is C40H53F3N6O9S. The number of carbonyl (C=O) groups excluding carboxylic acids is 4. The molecule has 1 saturated heterocycles. The Morgan fingerprint density at radius 3 is 2.34 bits per heavy atom. The molecule has 15 nitrogen and oxygen atoms in total. The number of alkyl halides is 3. The van der Waals surface area contributed by atoms with Gasteiger partial charge < -0.3 is 29.7 Å². The Balaban J connectivity index is 1.37. The minimum atomic E-state index is -4.92. The van der Waals surface area contributed by atoms with Crippen LogP contribution in [-0.4, -0.2) is 101 Å². The lowest BCUT2D eigenvalue weighted by Gasteiger charge is -2.35. The van der Waals surface area contributed by atoms with Crippen molar-refractivity contribution in [2.45, 2.75) is 133 Å². The van der Waals surface area contributed by atoms with E-state index in [1.807, 2.05) is 13.0 Å². The van der Waals surface area contributed by atoms with Crippen molar-refractivity contribution in [3.63, 3.8) is 0 Å². The van der Waals surface area contributed by atoms with Crippen LogP contribution in [0.15, 0.2) is 36.4 Å². The summed E-state index contributed by atoms with van der Waals surface area (Å²) in [5.74, 6) is -3.30. The van der Waals surface area contributed by atoms with E-state index >= 15 is 0 Å². The summed E-state index contributed by atoms with van der Waals surface area (Å²) in [5.41, 5.74) is -4.55. The standard InChI is InChI=1S/C40H53F3N6O9S/c1-7-24-19-23(3)13-9-10-14-25-21-39(25,35(52)48-59(54,55)38(6)17-18-38)45-31(50)29-20-26(57-33-28-16-12-11-15-27(28)32(46-47-33)56-8-2)22-49(29)34(51)30(24)44-36(53)58-37(4,5)40(41,42)43/h10-12,14-16,23-26,29-30H,7-9,13,17-22H2,1-6H3,(H,44,53)(H,45,50)(H,48,52). The molecular weight excluding hydrogens is 798 g/mol. The zero-order chi connectivity index (χ0) is 43.1. The molecule has 4 aliphatic rings. The van der Waals surface area contributed by atoms with Gasteiger partial charge in [-0.2, -0.15) is 13.2 Å². The SMILES string of the molecule is CCOc1nnc(OC2CC3C(=O)NC4(C(=O)NS(=O)(=O)C5(C)CC5)CC4C=CCCC(C)CC(CC)C(NC(=O)OC(C)(C)C(F)(F)F)C(=O)N3C2)c2ccccc12. The van der Waals surface area contributed by atoms with Crippen molar-refractivity contribution in [3.05, 3.63) is 36.4 Å². The summed E-state index contributed by atoms with van der Waals surface area (Å²) < 4.78 is 85.8. The van der Waals surface area contributed by atoms with Gasteiger partial charge in [0.05, 0.1) is 28.7 Å². The number of fused-ring (bicyclic) bond motifs is 3. The maximum Gasteiger partial charge on any atom is 0.427 e. The van der Waals surface area contributed by atoms with Crippen LogP contribution >= 0.6 is 0 Å². The third-order valence-corrected chi connectivity index (χ3v) is 14.2. The topological polar surface area (TPSA) is 195 Å². The maximum atomic E-state index is 14.9. The van der Waals surface area contributed by atoms with Crippen LogP contribution in [0, 0.1) is 17.8 Å². The summed E-state index contributed by atoms with van der Waals surface area (Å²) in [5, 5.41) is 14.8. The van der Waals surface area contributed by atoms with E-state index in [0.717, 1.165) is 0 Å². The second-order valence-corrected chi connectivity index (χ2v) is 19.2. The van der Waals surface area contributed by atoms with Gasteiger partial charge in [0, 0.05) is 12.3 Å². The number of amides is 4. The summed E-state index contributed by atoms with van der Waals surface area (Å²) in [4.78, 5) is 57.9. The molecule has 2 aromatic rings. The highest BCUT2D eigenvalue weighted by molar-refractivity contribution is 7.91. The predicted molar refractivity (Wildman–Crippen MR) is 208 cm³/mol. The number of alkyl carbamates (subject to hydrolysis) is 1. The van der Waals surface area contributed by atoms with Gasteiger partial charge in [0.1, 0.15) is 23.7 Å². The van der Waals surface area contributed by atoms with E-state index < -0.39 is 85.9 Å². The highest BCUT2D eigenvalue weighted by atomic mass is 32.2. The Bertz CT molecular complexity index is 2100. The van der Waals surface area contributed by atoms with E-state index in [9.17, 15) is 40.8 Å². The Morgan fingerprint density at radius 2 is 1.71 bits per heavy atom. The van der Waals surface area contributed by atoms with Crippen molar-refractivity contribution in [1.82, 2.24) is 30.5 Å². The Hall–Kier alpha value is -4.68. The van der Waals surface area contributed by atoms with Crippen molar-refractivity contribution < 1.29 is 55.0 Å². The second kappa shape index (κ2) is 16.4. The largest absolute Gasteiger partial charge is 0.476 e. The summed E-state index contributed by atoms with van der Waals surface area (Å²) >= 11 is 0. The van der Waals surface area contributed by atoms with E-state index in [1.54, 1.807) is 44.2 Å². The highest BCUT2D eigenvalue weighted by Crippen LogP contribution is 2.48. The van der Waals surface area contributed by atoms with Gasteiger partial charge in [0.2, 0.25) is 39.2 Å². The van der Waals surface area contributed by atoms with Gasteiger partial charge in [0.25, 0.3) is 5.91 Å². The zero-order valence-corrected chi connectivity index (χ0v) is 34.9. The molecule has 1 aromatic carbocycles. The smallest absolute Gasteiger partial charge is 0.427 e. The minimum Gasteiger partial charge on any atom is -0.476 e. The van der Waals surface area contributed by atoms with E-state index in [-0.39, 0.29) is 37.1 Å². The van der Waals surface area contributed by atoms with E-state index in [1.165, 1.54) is 11.8 Å². The van der Waals surface area contributed by atoms with Gasteiger partial charge in [-0.25, -0.2) is 13.2 Å². The first-order chi connectivity index (χ1) is 27.6. The van der Waals surface area contributed by atoms with Gasteiger partial charge in [-0.05, 0) is 90.2 Å². The number of hydrogen-bond donors (Lipinski definition) is 3. The average Bonchev–Trinajstić information content (AvgIpc) is 4.04. The van der Waals surface area contributed by atoms with Crippen LogP contribution in [0.2, 0.25) is 0 Å². The molecule has 0 bridgehead atoms. The molecule has 324 valence electrons. The van der Waals surface area contributed by atoms with E-state index in [4.69, 9.17) is 14.2 Å². The highest BCUT2D eigenvalue weighted by Gasteiger charge is 2.63. The fourth-order valence-electron chi connectivity index (χ4n) is 7.80. The summed E-state index contributed by atoms with van der Waals surface area (Å²) in [7, 11) is -4.09. The molecule has 3 fully saturated rings.